The minimum absolute atomic E-state index is 0.120. The molecule has 1 aliphatic rings. The van der Waals surface area contributed by atoms with Crippen LogP contribution < -0.4 is 11.1 Å². The minimum Gasteiger partial charge on any atom is -0.392 e. The molecule has 0 saturated heterocycles. The van der Waals surface area contributed by atoms with E-state index in [1.807, 2.05) is 0 Å². The summed E-state index contributed by atoms with van der Waals surface area (Å²) in [5.74, 6) is -0.408. The molecule has 0 atom stereocenters. The fourth-order valence-corrected chi connectivity index (χ4v) is 2.37. The number of hydrogen-bond donors (Lipinski definition) is 2. The monoisotopic (exact) mass is 266 g/mol. The van der Waals surface area contributed by atoms with Crippen molar-refractivity contribution in [2.24, 2.45) is 11.1 Å². The van der Waals surface area contributed by atoms with E-state index < -0.39 is 5.41 Å². The van der Waals surface area contributed by atoms with Gasteiger partial charge in [-0.1, -0.05) is 30.8 Å². The molecule has 1 saturated carbocycles. The van der Waals surface area contributed by atoms with E-state index in [1.165, 1.54) is 12.1 Å². The highest BCUT2D eigenvalue weighted by Gasteiger charge is 2.46. The number of thiocarbonyl (C=S) groups is 1. The van der Waals surface area contributed by atoms with Crippen LogP contribution >= 0.6 is 12.2 Å². The summed E-state index contributed by atoms with van der Waals surface area (Å²) in [5, 5.41) is 2.81. The van der Waals surface area contributed by atoms with Gasteiger partial charge in [-0.25, -0.2) is 4.39 Å². The van der Waals surface area contributed by atoms with Gasteiger partial charge in [-0.05, 0) is 30.5 Å². The molecule has 0 aliphatic heterocycles. The van der Waals surface area contributed by atoms with E-state index in [1.54, 1.807) is 12.1 Å². The summed E-state index contributed by atoms with van der Waals surface area (Å²) in [7, 11) is 0. The summed E-state index contributed by atoms with van der Waals surface area (Å²) in [6.07, 6.45) is 2.41. The zero-order valence-corrected chi connectivity index (χ0v) is 10.7. The molecule has 18 heavy (non-hydrogen) atoms. The second-order valence-corrected chi connectivity index (χ2v) is 5.05. The molecule has 1 amide bonds. The number of nitrogens with one attached hydrogen (secondary N) is 1. The van der Waals surface area contributed by atoms with Crippen LogP contribution in [-0.2, 0) is 11.3 Å². The Hall–Kier alpha value is -1.49. The number of nitrogens with two attached hydrogens (primary N) is 1. The topological polar surface area (TPSA) is 55.1 Å². The van der Waals surface area contributed by atoms with Crippen LogP contribution in [0.2, 0.25) is 0 Å². The maximum absolute atomic E-state index is 12.7. The lowest BCUT2D eigenvalue weighted by Crippen LogP contribution is -2.52. The highest BCUT2D eigenvalue weighted by Crippen LogP contribution is 2.41. The lowest BCUT2D eigenvalue weighted by Gasteiger charge is -2.39. The Kier molecular flexibility index (Phi) is 3.61. The van der Waals surface area contributed by atoms with Gasteiger partial charge in [0.2, 0.25) is 5.91 Å². The number of amides is 1. The summed E-state index contributed by atoms with van der Waals surface area (Å²) >= 11 is 4.97. The minimum atomic E-state index is -0.657. The third kappa shape index (κ3) is 2.36. The second kappa shape index (κ2) is 5.02. The SMILES string of the molecule is NC(=S)C1(C(=O)NCc2ccc(F)cc2)CCC1. The van der Waals surface area contributed by atoms with Gasteiger partial charge >= 0.3 is 0 Å². The Morgan fingerprint density at radius 2 is 2.00 bits per heavy atom. The van der Waals surface area contributed by atoms with Crippen molar-refractivity contribution < 1.29 is 9.18 Å². The molecule has 0 spiro atoms. The number of benzene rings is 1. The number of hydrogen-bond acceptors (Lipinski definition) is 2. The zero-order valence-electron chi connectivity index (χ0n) is 9.91. The third-order valence-electron chi connectivity index (χ3n) is 3.48. The van der Waals surface area contributed by atoms with E-state index >= 15 is 0 Å². The molecular weight excluding hydrogens is 251 g/mol. The molecule has 0 unspecified atom stereocenters. The van der Waals surface area contributed by atoms with Crippen molar-refractivity contribution in [1.82, 2.24) is 5.32 Å². The van der Waals surface area contributed by atoms with Gasteiger partial charge in [-0.2, -0.15) is 0 Å². The molecule has 0 heterocycles. The molecule has 96 valence electrons. The van der Waals surface area contributed by atoms with Crippen LogP contribution in [-0.4, -0.2) is 10.9 Å². The maximum Gasteiger partial charge on any atom is 0.233 e. The largest absolute Gasteiger partial charge is 0.392 e. The molecule has 0 aromatic heterocycles. The number of carbonyl (C=O) groups is 1. The lowest BCUT2D eigenvalue weighted by molar-refractivity contribution is -0.131. The first-order chi connectivity index (χ1) is 8.54. The normalized spacial score (nSPS) is 16.7. The molecule has 1 aliphatic carbocycles. The Morgan fingerprint density at radius 3 is 2.44 bits per heavy atom. The molecule has 1 fully saturated rings. The van der Waals surface area contributed by atoms with Gasteiger partial charge in [0.25, 0.3) is 0 Å². The van der Waals surface area contributed by atoms with Gasteiger partial charge < -0.3 is 11.1 Å². The van der Waals surface area contributed by atoms with Crippen molar-refractivity contribution in [1.29, 1.82) is 0 Å². The molecular formula is C13H15FN2OS. The Balaban J connectivity index is 1.96. The van der Waals surface area contributed by atoms with Crippen LogP contribution in [0.25, 0.3) is 0 Å². The van der Waals surface area contributed by atoms with E-state index in [-0.39, 0.29) is 16.7 Å². The number of rotatable bonds is 4. The first-order valence-corrected chi connectivity index (χ1v) is 6.28. The number of carbonyl (C=O) groups excluding carboxylic acids is 1. The van der Waals surface area contributed by atoms with Crippen molar-refractivity contribution in [2.45, 2.75) is 25.8 Å². The Bertz CT molecular complexity index is 468. The van der Waals surface area contributed by atoms with Gasteiger partial charge in [0.15, 0.2) is 0 Å². The van der Waals surface area contributed by atoms with Gasteiger partial charge in [0.1, 0.15) is 5.82 Å². The van der Waals surface area contributed by atoms with E-state index in [9.17, 15) is 9.18 Å². The van der Waals surface area contributed by atoms with E-state index in [0.717, 1.165) is 24.8 Å². The van der Waals surface area contributed by atoms with Gasteiger partial charge in [0, 0.05) is 6.54 Å². The highest BCUT2D eigenvalue weighted by atomic mass is 32.1. The number of halogens is 1. The summed E-state index contributed by atoms with van der Waals surface area (Å²) in [6.45, 7) is 0.365. The van der Waals surface area contributed by atoms with Crippen LogP contribution in [0.15, 0.2) is 24.3 Å². The molecule has 1 aromatic carbocycles. The maximum atomic E-state index is 12.7. The van der Waals surface area contributed by atoms with E-state index in [4.69, 9.17) is 18.0 Å². The van der Waals surface area contributed by atoms with Crippen LogP contribution in [0, 0.1) is 11.2 Å². The van der Waals surface area contributed by atoms with E-state index in [0.29, 0.717) is 6.54 Å². The lowest BCUT2D eigenvalue weighted by atomic mass is 9.68. The zero-order chi connectivity index (χ0) is 13.2. The highest BCUT2D eigenvalue weighted by molar-refractivity contribution is 7.80. The van der Waals surface area contributed by atoms with Crippen molar-refractivity contribution in [3.63, 3.8) is 0 Å². The van der Waals surface area contributed by atoms with Crippen molar-refractivity contribution in [2.75, 3.05) is 0 Å². The summed E-state index contributed by atoms with van der Waals surface area (Å²) in [6, 6.07) is 6.02. The molecule has 1 aromatic rings. The molecule has 2 rings (SSSR count). The molecule has 5 heteroatoms. The smallest absolute Gasteiger partial charge is 0.233 e. The van der Waals surface area contributed by atoms with Gasteiger partial charge in [-0.15, -0.1) is 0 Å². The van der Waals surface area contributed by atoms with Crippen molar-refractivity contribution in [3.05, 3.63) is 35.6 Å². The first-order valence-electron chi connectivity index (χ1n) is 5.87. The van der Waals surface area contributed by atoms with Crippen LogP contribution in [0.1, 0.15) is 24.8 Å². The van der Waals surface area contributed by atoms with Crippen LogP contribution in [0.5, 0.6) is 0 Å². The Labute approximate surface area is 111 Å². The predicted octanol–water partition coefficient (Wildman–Crippen LogP) is 1.90. The average Bonchev–Trinajstić information content (AvgIpc) is 2.26. The summed E-state index contributed by atoms with van der Waals surface area (Å²) in [5.41, 5.74) is 5.84. The van der Waals surface area contributed by atoms with Gasteiger partial charge in [-0.3, -0.25) is 4.79 Å². The Morgan fingerprint density at radius 1 is 1.39 bits per heavy atom. The second-order valence-electron chi connectivity index (χ2n) is 4.61. The van der Waals surface area contributed by atoms with E-state index in [2.05, 4.69) is 5.32 Å². The third-order valence-corrected chi connectivity index (χ3v) is 3.87. The standard InChI is InChI=1S/C13H15FN2OS/c14-10-4-2-9(3-5-10)8-16-12(17)13(11(15)18)6-1-7-13/h2-5H,1,6-8H2,(H2,15,18)(H,16,17). The molecule has 3 N–H and O–H groups in total. The first kappa shape index (κ1) is 13.0. The van der Waals surface area contributed by atoms with Crippen molar-refractivity contribution in [3.8, 4) is 0 Å². The van der Waals surface area contributed by atoms with Crippen molar-refractivity contribution >= 4 is 23.1 Å². The summed E-state index contributed by atoms with van der Waals surface area (Å²) < 4.78 is 12.7. The van der Waals surface area contributed by atoms with Gasteiger partial charge in [0.05, 0.1) is 10.4 Å². The quantitative estimate of drug-likeness (QED) is 0.818. The molecule has 0 bridgehead atoms. The predicted molar refractivity (Wildman–Crippen MR) is 71.3 cm³/mol. The fraction of sp³-hybridized carbons (Fsp3) is 0.385. The molecule has 3 nitrogen and oxygen atoms in total. The van der Waals surface area contributed by atoms with Crippen LogP contribution in [0.3, 0.4) is 0 Å². The summed E-state index contributed by atoms with van der Waals surface area (Å²) in [4.78, 5) is 12.3. The van der Waals surface area contributed by atoms with Crippen LogP contribution in [0.4, 0.5) is 4.39 Å². The fourth-order valence-electron chi connectivity index (χ4n) is 2.07. The molecule has 0 radical (unpaired) electrons. The average molecular weight is 266 g/mol.